The molecule has 4 aromatic rings. The molecule has 0 radical (unpaired) electrons. The third-order valence-electron chi connectivity index (χ3n) is 5.92. The van der Waals surface area contributed by atoms with E-state index in [1.807, 2.05) is 43.5 Å². The Morgan fingerprint density at radius 2 is 1.70 bits per heavy atom. The Labute approximate surface area is 199 Å². The predicted molar refractivity (Wildman–Crippen MR) is 136 cm³/mol. The molecule has 1 saturated heterocycles. The summed E-state index contributed by atoms with van der Waals surface area (Å²) in [6.45, 7) is 4.72. The summed E-state index contributed by atoms with van der Waals surface area (Å²) in [5.41, 5.74) is 5.45. The summed E-state index contributed by atoms with van der Waals surface area (Å²) < 4.78 is 7.88. The van der Waals surface area contributed by atoms with E-state index >= 15 is 0 Å². The Kier molecular flexibility index (Phi) is 5.84. The highest BCUT2D eigenvalue weighted by atomic mass is 32.1. The topological polar surface area (TPSA) is 42.3 Å². The van der Waals surface area contributed by atoms with Crippen molar-refractivity contribution in [1.82, 2.24) is 14.9 Å². The minimum absolute atomic E-state index is 0.0818. The molecule has 166 valence electrons. The number of ether oxygens (including phenoxy) is 1. The second-order valence-electron chi connectivity index (χ2n) is 8.06. The quantitative estimate of drug-likeness (QED) is 0.376. The molecule has 33 heavy (non-hydrogen) atoms. The SMILES string of the molecule is CCOc1ccc(N2C(=S)N[C@H](c3ccccn3)[C@@H]2c2cccn2-c2ccc(C)cc2)cc1. The molecule has 2 atom stereocenters. The molecule has 0 amide bonds. The molecular weight excluding hydrogens is 428 g/mol. The van der Waals surface area contributed by atoms with Gasteiger partial charge in [-0.15, -0.1) is 0 Å². The standard InChI is InChI=1S/C27H26N4OS/c1-3-32-22-15-13-21(14-16-22)31-26(25(29-27(31)33)23-7-4-5-17-28-23)24-8-6-18-30(24)20-11-9-19(2)10-12-20/h4-18,25-26H,3H2,1-2H3,(H,29,33)/t25-,26+/m1/s1. The Morgan fingerprint density at radius 1 is 0.939 bits per heavy atom. The van der Waals surface area contributed by atoms with E-state index < -0.39 is 0 Å². The Morgan fingerprint density at radius 3 is 2.39 bits per heavy atom. The van der Waals surface area contributed by atoms with Crippen LogP contribution in [-0.2, 0) is 0 Å². The van der Waals surface area contributed by atoms with Crippen LogP contribution in [0, 0.1) is 6.92 Å². The maximum Gasteiger partial charge on any atom is 0.174 e. The Balaban J connectivity index is 1.62. The van der Waals surface area contributed by atoms with Crippen molar-refractivity contribution in [3.05, 3.63) is 108 Å². The van der Waals surface area contributed by atoms with Crippen LogP contribution in [0.3, 0.4) is 0 Å². The minimum atomic E-state index is -0.0932. The minimum Gasteiger partial charge on any atom is -0.494 e. The molecule has 5 nitrogen and oxygen atoms in total. The van der Waals surface area contributed by atoms with Crippen molar-refractivity contribution in [1.29, 1.82) is 0 Å². The summed E-state index contributed by atoms with van der Waals surface area (Å²) in [6.07, 6.45) is 3.93. The van der Waals surface area contributed by atoms with E-state index in [4.69, 9.17) is 17.0 Å². The molecular formula is C27H26N4OS. The molecule has 0 bridgehead atoms. The number of nitrogens with one attached hydrogen (secondary N) is 1. The van der Waals surface area contributed by atoms with Gasteiger partial charge in [0.2, 0.25) is 0 Å². The molecule has 1 fully saturated rings. The van der Waals surface area contributed by atoms with Gasteiger partial charge in [0.15, 0.2) is 5.11 Å². The second-order valence-corrected chi connectivity index (χ2v) is 8.45. The van der Waals surface area contributed by atoms with Gasteiger partial charge in [0.1, 0.15) is 11.8 Å². The number of thiocarbonyl (C=S) groups is 1. The van der Waals surface area contributed by atoms with E-state index in [0.717, 1.165) is 28.5 Å². The summed E-state index contributed by atoms with van der Waals surface area (Å²) in [7, 11) is 0. The maximum absolute atomic E-state index is 5.86. The molecule has 0 saturated carbocycles. The van der Waals surface area contributed by atoms with E-state index in [0.29, 0.717) is 11.7 Å². The van der Waals surface area contributed by atoms with Crippen LogP contribution in [0.5, 0.6) is 5.75 Å². The summed E-state index contributed by atoms with van der Waals surface area (Å²) in [5.74, 6) is 0.847. The van der Waals surface area contributed by atoms with Crippen molar-refractivity contribution >= 4 is 23.0 Å². The van der Waals surface area contributed by atoms with Gasteiger partial charge in [0.05, 0.1) is 18.3 Å². The van der Waals surface area contributed by atoms with Crippen molar-refractivity contribution in [2.45, 2.75) is 25.9 Å². The number of pyridine rings is 1. The van der Waals surface area contributed by atoms with Crippen LogP contribution in [-0.4, -0.2) is 21.3 Å². The third-order valence-corrected chi connectivity index (χ3v) is 6.23. The third kappa shape index (κ3) is 4.10. The number of hydrogen-bond acceptors (Lipinski definition) is 3. The number of aromatic nitrogens is 2. The fraction of sp³-hybridized carbons (Fsp3) is 0.185. The van der Waals surface area contributed by atoms with E-state index in [2.05, 4.69) is 81.4 Å². The molecule has 0 spiro atoms. The van der Waals surface area contributed by atoms with E-state index in [1.165, 1.54) is 5.56 Å². The van der Waals surface area contributed by atoms with Gasteiger partial charge in [-0.3, -0.25) is 4.98 Å². The van der Waals surface area contributed by atoms with Crippen LogP contribution in [0.15, 0.2) is 91.3 Å². The predicted octanol–water partition coefficient (Wildman–Crippen LogP) is 5.76. The lowest BCUT2D eigenvalue weighted by Gasteiger charge is -2.29. The highest BCUT2D eigenvalue weighted by Crippen LogP contribution is 2.42. The van der Waals surface area contributed by atoms with Gasteiger partial charge in [-0.2, -0.15) is 0 Å². The Hall–Kier alpha value is -3.64. The first-order chi connectivity index (χ1) is 16.2. The van der Waals surface area contributed by atoms with Gasteiger partial charge in [-0.05, 0) is 86.7 Å². The molecule has 1 N–H and O–H groups in total. The van der Waals surface area contributed by atoms with Crippen molar-refractivity contribution in [2.24, 2.45) is 0 Å². The summed E-state index contributed by atoms with van der Waals surface area (Å²) in [6, 6.07) is 26.8. The van der Waals surface area contributed by atoms with E-state index in [9.17, 15) is 0 Å². The molecule has 5 rings (SSSR count). The summed E-state index contributed by atoms with van der Waals surface area (Å²) in [4.78, 5) is 6.84. The monoisotopic (exact) mass is 454 g/mol. The normalized spacial score (nSPS) is 17.8. The zero-order chi connectivity index (χ0) is 22.8. The molecule has 1 aliphatic rings. The lowest BCUT2D eigenvalue weighted by Crippen LogP contribution is -2.30. The number of benzene rings is 2. The average molecular weight is 455 g/mol. The van der Waals surface area contributed by atoms with Gasteiger partial charge < -0.3 is 19.5 Å². The first-order valence-electron chi connectivity index (χ1n) is 11.1. The number of nitrogens with zero attached hydrogens (tertiary/aromatic N) is 3. The largest absolute Gasteiger partial charge is 0.494 e. The summed E-state index contributed by atoms with van der Waals surface area (Å²) in [5, 5.41) is 4.21. The van der Waals surface area contributed by atoms with Crippen LogP contribution in [0.4, 0.5) is 5.69 Å². The fourth-order valence-electron chi connectivity index (χ4n) is 4.38. The lowest BCUT2D eigenvalue weighted by atomic mass is 10.0. The van der Waals surface area contributed by atoms with Crippen molar-refractivity contribution in [2.75, 3.05) is 11.5 Å². The smallest absolute Gasteiger partial charge is 0.174 e. The van der Waals surface area contributed by atoms with Gasteiger partial charge in [0, 0.05) is 29.5 Å². The fourth-order valence-corrected chi connectivity index (χ4v) is 4.72. The van der Waals surface area contributed by atoms with Crippen molar-refractivity contribution < 1.29 is 4.74 Å². The van der Waals surface area contributed by atoms with Crippen LogP contribution >= 0.6 is 12.2 Å². The van der Waals surface area contributed by atoms with Crippen LogP contribution < -0.4 is 15.0 Å². The molecule has 0 unspecified atom stereocenters. The van der Waals surface area contributed by atoms with Crippen molar-refractivity contribution in [3.8, 4) is 11.4 Å². The van der Waals surface area contributed by atoms with Gasteiger partial charge in [-0.1, -0.05) is 23.8 Å². The maximum atomic E-state index is 5.86. The van der Waals surface area contributed by atoms with E-state index in [-0.39, 0.29) is 12.1 Å². The van der Waals surface area contributed by atoms with Gasteiger partial charge in [0.25, 0.3) is 0 Å². The molecule has 6 heteroatoms. The van der Waals surface area contributed by atoms with E-state index in [1.54, 1.807) is 0 Å². The van der Waals surface area contributed by atoms with Crippen LogP contribution in [0.1, 0.15) is 36.0 Å². The van der Waals surface area contributed by atoms with Crippen LogP contribution in [0.2, 0.25) is 0 Å². The first-order valence-corrected chi connectivity index (χ1v) is 11.5. The highest BCUT2D eigenvalue weighted by molar-refractivity contribution is 7.80. The molecule has 3 heterocycles. The number of anilines is 1. The van der Waals surface area contributed by atoms with Crippen molar-refractivity contribution in [3.63, 3.8) is 0 Å². The van der Waals surface area contributed by atoms with Gasteiger partial charge >= 0.3 is 0 Å². The molecule has 2 aromatic heterocycles. The number of rotatable bonds is 6. The molecule has 1 aliphatic heterocycles. The lowest BCUT2D eigenvalue weighted by molar-refractivity contribution is 0.340. The highest BCUT2D eigenvalue weighted by Gasteiger charge is 2.42. The molecule has 0 aliphatic carbocycles. The van der Waals surface area contributed by atoms with Crippen LogP contribution in [0.25, 0.3) is 5.69 Å². The Bertz CT molecular complexity index is 1240. The average Bonchev–Trinajstić information content (AvgIpc) is 3.45. The molecule has 2 aromatic carbocycles. The zero-order valence-electron chi connectivity index (χ0n) is 18.7. The zero-order valence-corrected chi connectivity index (χ0v) is 19.5. The van der Waals surface area contributed by atoms with Gasteiger partial charge in [-0.25, -0.2) is 0 Å². The first kappa shape index (κ1) is 21.2. The second kappa shape index (κ2) is 9.08. The number of hydrogen-bond donors (Lipinski definition) is 1. The summed E-state index contributed by atoms with van der Waals surface area (Å²) >= 11 is 5.86. The number of aryl methyl sites for hydroxylation is 1.